The molecule has 2 rings (SSSR count). The Labute approximate surface area is 101 Å². The van der Waals surface area contributed by atoms with Gasteiger partial charge in [0.2, 0.25) is 0 Å². The van der Waals surface area contributed by atoms with E-state index in [1.54, 1.807) is 17.2 Å². The molecule has 1 aromatic heterocycles. The first kappa shape index (κ1) is 12.0. The number of nitrogens with zero attached hydrogens (tertiary/aromatic N) is 1. The molecule has 2 heterocycles. The van der Waals surface area contributed by atoms with Gasteiger partial charge in [0, 0.05) is 25.0 Å². The number of carbonyl (C=O) groups excluding carboxylic acids is 1. The second-order valence-electron chi connectivity index (χ2n) is 4.99. The van der Waals surface area contributed by atoms with Crippen molar-refractivity contribution >= 4 is 11.6 Å². The lowest BCUT2D eigenvalue weighted by Gasteiger charge is -2.22. The Bertz CT molecular complexity index is 412. The molecule has 1 aromatic rings. The van der Waals surface area contributed by atoms with E-state index >= 15 is 0 Å². The van der Waals surface area contributed by atoms with Crippen LogP contribution in [0, 0.1) is 0 Å². The average molecular weight is 237 g/mol. The van der Waals surface area contributed by atoms with Crippen LogP contribution < -0.4 is 5.73 Å². The molecule has 1 fully saturated rings. The van der Waals surface area contributed by atoms with Crippen molar-refractivity contribution in [3.63, 3.8) is 0 Å². The van der Waals surface area contributed by atoms with E-state index in [-0.39, 0.29) is 5.91 Å². The molecule has 1 saturated heterocycles. The Morgan fingerprint density at radius 3 is 2.94 bits per heavy atom. The van der Waals surface area contributed by atoms with Crippen LogP contribution in [0.2, 0.25) is 0 Å². The van der Waals surface area contributed by atoms with Gasteiger partial charge >= 0.3 is 0 Å². The lowest BCUT2D eigenvalue weighted by molar-refractivity contribution is 0.0437. The fourth-order valence-electron chi connectivity index (χ4n) is 2.17. The molecule has 1 amide bonds. The number of carbonyl (C=O) groups is 1. The van der Waals surface area contributed by atoms with Gasteiger partial charge < -0.3 is 20.7 Å². The lowest BCUT2D eigenvalue weighted by atomic mass is 9.98. The molecule has 94 valence electrons. The summed E-state index contributed by atoms with van der Waals surface area (Å²) in [5, 5.41) is 9.96. The molecule has 0 spiro atoms. The minimum absolute atomic E-state index is 0.0422. The number of aromatic nitrogens is 1. The smallest absolute Gasteiger partial charge is 0.270 e. The van der Waals surface area contributed by atoms with Gasteiger partial charge in [-0.25, -0.2) is 0 Å². The molecule has 1 unspecified atom stereocenters. The van der Waals surface area contributed by atoms with Crippen molar-refractivity contribution < 1.29 is 9.90 Å². The summed E-state index contributed by atoms with van der Waals surface area (Å²) in [6.07, 6.45) is 3.80. The van der Waals surface area contributed by atoms with Crippen LogP contribution >= 0.6 is 0 Å². The van der Waals surface area contributed by atoms with Gasteiger partial charge in [0.25, 0.3) is 5.91 Å². The van der Waals surface area contributed by atoms with Gasteiger partial charge in [-0.3, -0.25) is 4.79 Å². The molecule has 1 aliphatic heterocycles. The highest BCUT2D eigenvalue weighted by Gasteiger charge is 2.27. The average Bonchev–Trinajstić information content (AvgIpc) is 2.60. The van der Waals surface area contributed by atoms with E-state index in [1.807, 2.05) is 6.92 Å². The molecule has 0 aromatic carbocycles. The number of amides is 1. The Morgan fingerprint density at radius 1 is 1.53 bits per heavy atom. The first-order valence-electron chi connectivity index (χ1n) is 5.93. The monoisotopic (exact) mass is 237 g/mol. The van der Waals surface area contributed by atoms with E-state index < -0.39 is 5.60 Å². The minimum atomic E-state index is -0.649. The van der Waals surface area contributed by atoms with Crippen molar-refractivity contribution in [2.45, 2.75) is 31.8 Å². The van der Waals surface area contributed by atoms with Crippen LogP contribution in [0.4, 0.5) is 5.69 Å². The summed E-state index contributed by atoms with van der Waals surface area (Å²) in [5.74, 6) is -0.0422. The van der Waals surface area contributed by atoms with E-state index in [2.05, 4.69) is 4.98 Å². The Hall–Kier alpha value is -1.49. The molecule has 17 heavy (non-hydrogen) atoms. The van der Waals surface area contributed by atoms with Gasteiger partial charge in [0.1, 0.15) is 5.69 Å². The van der Waals surface area contributed by atoms with Crippen LogP contribution in [0.3, 0.4) is 0 Å². The number of nitrogen functional groups attached to an aromatic ring is 1. The number of hydrogen-bond donors (Lipinski definition) is 3. The molecule has 1 atom stereocenters. The zero-order valence-corrected chi connectivity index (χ0v) is 10.1. The summed E-state index contributed by atoms with van der Waals surface area (Å²) in [4.78, 5) is 16.8. The van der Waals surface area contributed by atoms with E-state index in [1.165, 1.54) is 0 Å². The molecule has 5 heteroatoms. The fraction of sp³-hybridized carbons (Fsp3) is 0.583. The second-order valence-corrected chi connectivity index (χ2v) is 4.99. The third kappa shape index (κ3) is 2.79. The van der Waals surface area contributed by atoms with Gasteiger partial charge in [-0.05, 0) is 32.3 Å². The van der Waals surface area contributed by atoms with Crippen LogP contribution in [-0.4, -0.2) is 39.6 Å². The van der Waals surface area contributed by atoms with Crippen molar-refractivity contribution in [1.82, 2.24) is 9.88 Å². The molecule has 0 saturated carbocycles. The van der Waals surface area contributed by atoms with Crippen LogP contribution in [0.15, 0.2) is 12.3 Å². The summed E-state index contributed by atoms with van der Waals surface area (Å²) < 4.78 is 0. The van der Waals surface area contributed by atoms with Crippen molar-refractivity contribution in [2.75, 3.05) is 18.8 Å². The maximum atomic E-state index is 12.1. The van der Waals surface area contributed by atoms with Crippen LogP contribution in [0.25, 0.3) is 0 Å². The van der Waals surface area contributed by atoms with Gasteiger partial charge in [-0.1, -0.05) is 0 Å². The predicted molar refractivity (Wildman–Crippen MR) is 65.6 cm³/mol. The quantitative estimate of drug-likeness (QED) is 0.680. The maximum Gasteiger partial charge on any atom is 0.270 e. The number of likely N-dealkylation sites (tertiary alicyclic amines) is 1. The van der Waals surface area contributed by atoms with Crippen molar-refractivity contribution in [1.29, 1.82) is 0 Å². The third-order valence-corrected chi connectivity index (χ3v) is 3.29. The molecule has 5 nitrogen and oxygen atoms in total. The zero-order valence-electron chi connectivity index (χ0n) is 10.1. The van der Waals surface area contributed by atoms with Gasteiger partial charge in [-0.15, -0.1) is 0 Å². The number of hydrogen-bond acceptors (Lipinski definition) is 3. The van der Waals surface area contributed by atoms with E-state index in [0.717, 1.165) is 12.8 Å². The van der Waals surface area contributed by atoms with Gasteiger partial charge in [0.15, 0.2) is 0 Å². The van der Waals surface area contributed by atoms with Crippen LogP contribution in [0.1, 0.15) is 36.7 Å². The SMILES string of the molecule is CC1(O)CCCN(C(=O)c2cc(N)c[nH]2)CC1. The number of anilines is 1. The van der Waals surface area contributed by atoms with Gasteiger partial charge in [0.05, 0.1) is 5.60 Å². The second kappa shape index (κ2) is 4.41. The number of rotatable bonds is 1. The third-order valence-electron chi connectivity index (χ3n) is 3.29. The summed E-state index contributed by atoms with van der Waals surface area (Å²) in [5.41, 5.74) is 6.01. The molecule has 0 radical (unpaired) electrons. The Kier molecular flexibility index (Phi) is 3.11. The van der Waals surface area contributed by atoms with Crippen LogP contribution in [0.5, 0.6) is 0 Å². The highest BCUT2D eigenvalue weighted by molar-refractivity contribution is 5.93. The fourth-order valence-corrected chi connectivity index (χ4v) is 2.17. The highest BCUT2D eigenvalue weighted by Crippen LogP contribution is 2.22. The first-order valence-corrected chi connectivity index (χ1v) is 5.93. The number of nitrogens with one attached hydrogen (secondary N) is 1. The number of aromatic amines is 1. The summed E-state index contributed by atoms with van der Waals surface area (Å²) >= 11 is 0. The molecule has 1 aliphatic rings. The van der Waals surface area contributed by atoms with Crippen LogP contribution in [-0.2, 0) is 0 Å². The molecule has 4 N–H and O–H groups in total. The standard InChI is InChI=1S/C12H19N3O2/c1-12(17)3-2-5-15(6-4-12)11(16)10-7-9(13)8-14-10/h7-8,14,17H,2-6,13H2,1H3. The highest BCUT2D eigenvalue weighted by atomic mass is 16.3. The number of aliphatic hydroxyl groups is 1. The van der Waals surface area contributed by atoms with Gasteiger partial charge in [-0.2, -0.15) is 0 Å². The van der Waals surface area contributed by atoms with Crippen molar-refractivity contribution in [3.05, 3.63) is 18.0 Å². The zero-order chi connectivity index (χ0) is 12.5. The normalized spacial score (nSPS) is 25.6. The van der Waals surface area contributed by atoms with Crippen molar-refractivity contribution in [3.8, 4) is 0 Å². The predicted octanol–water partition coefficient (Wildman–Crippen LogP) is 0.974. The first-order chi connectivity index (χ1) is 7.98. The summed E-state index contributed by atoms with van der Waals surface area (Å²) in [6.45, 7) is 3.10. The Balaban J connectivity index is 2.05. The molecular formula is C12H19N3O2. The minimum Gasteiger partial charge on any atom is -0.397 e. The lowest BCUT2D eigenvalue weighted by Crippen LogP contribution is -2.33. The van der Waals surface area contributed by atoms with E-state index in [9.17, 15) is 9.90 Å². The number of H-pyrrole nitrogens is 1. The number of nitrogens with two attached hydrogens (primary N) is 1. The topological polar surface area (TPSA) is 82.3 Å². The maximum absolute atomic E-state index is 12.1. The molecular weight excluding hydrogens is 218 g/mol. The van der Waals surface area contributed by atoms with E-state index in [0.29, 0.717) is 30.9 Å². The van der Waals surface area contributed by atoms with E-state index in [4.69, 9.17) is 5.73 Å². The summed E-state index contributed by atoms with van der Waals surface area (Å²) in [6, 6.07) is 1.64. The largest absolute Gasteiger partial charge is 0.397 e. The molecule has 0 bridgehead atoms. The Morgan fingerprint density at radius 2 is 2.29 bits per heavy atom. The molecule has 0 aliphatic carbocycles. The van der Waals surface area contributed by atoms with Crippen molar-refractivity contribution in [2.24, 2.45) is 0 Å². The summed E-state index contributed by atoms with van der Waals surface area (Å²) in [7, 11) is 0.